The van der Waals surface area contributed by atoms with E-state index in [1.165, 1.54) is 11.3 Å². The molecule has 2 aromatic rings. The first kappa shape index (κ1) is 14.4. The van der Waals surface area contributed by atoms with E-state index in [0.29, 0.717) is 0 Å². The first-order valence-electron chi connectivity index (χ1n) is 4.98. The van der Waals surface area contributed by atoms with E-state index in [2.05, 4.69) is 31.9 Å². The van der Waals surface area contributed by atoms with Gasteiger partial charge in [-0.15, -0.1) is 11.3 Å². The Morgan fingerprint density at radius 1 is 1.37 bits per heavy atom. The summed E-state index contributed by atoms with van der Waals surface area (Å²) in [6.07, 6.45) is 0. The molecule has 2 rings (SSSR count). The molecule has 8 heteroatoms. The normalized spacial score (nSPS) is 10.5. The van der Waals surface area contributed by atoms with Gasteiger partial charge in [-0.1, -0.05) is 0 Å². The zero-order valence-corrected chi connectivity index (χ0v) is 13.2. The number of benzene rings is 1. The number of ether oxygens (including phenoxy) is 1. The summed E-state index contributed by atoms with van der Waals surface area (Å²) in [5.41, 5.74) is -0.274. The van der Waals surface area contributed by atoms with Crippen LogP contribution in [-0.2, 0) is 6.61 Å². The number of nitrogens with zero attached hydrogens (tertiary/aromatic N) is 1. The average molecular weight is 411 g/mol. The summed E-state index contributed by atoms with van der Waals surface area (Å²) in [4.78, 5) is 11.1. The summed E-state index contributed by atoms with van der Waals surface area (Å²) in [5.74, 6) is -0.691. The van der Waals surface area contributed by atoms with Crippen molar-refractivity contribution >= 4 is 48.9 Å². The van der Waals surface area contributed by atoms with Gasteiger partial charge in [-0.05, 0) is 44.0 Å². The van der Waals surface area contributed by atoms with Crippen molar-refractivity contribution in [3.05, 3.63) is 53.3 Å². The Bertz CT molecular complexity index is 632. The molecule has 100 valence electrons. The lowest BCUT2D eigenvalue weighted by atomic mass is 10.3. The van der Waals surface area contributed by atoms with Crippen LogP contribution >= 0.6 is 43.2 Å². The molecule has 0 fully saturated rings. The summed E-state index contributed by atoms with van der Waals surface area (Å²) in [7, 11) is 0. The van der Waals surface area contributed by atoms with E-state index < -0.39 is 10.7 Å². The largest absolute Gasteiger partial charge is 0.481 e. The minimum Gasteiger partial charge on any atom is -0.481 e. The van der Waals surface area contributed by atoms with Crippen molar-refractivity contribution < 1.29 is 14.1 Å². The van der Waals surface area contributed by atoms with Gasteiger partial charge in [-0.25, -0.2) is 4.39 Å². The molecule has 0 spiro atoms. The second-order valence-electron chi connectivity index (χ2n) is 3.49. The summed E-state index contributed by atoms with van der Waals surface area (Å²) in [6, 6.07) is 5.77. The Labute approximate surface area is 128 Å². The third-order valence-electron chi connectivity index (χ3n) is 2.20. The smallest absolute Gasteiger partial charge is 0.312 e. The summed E-state index contributed by atoms with van der Waals surface area (Å²) in [6.45, 7) is 0.151. The van der Waals surface area contributed by atoms with Crippen molar-refractivity contribution in [2.24, 2.45) is 0 Å². The highest BCUT2D eigenvalue weighted by Crippen LogP contribution is 2.33. The Balaban J connectivity index is 2.23. The summed E-state index contributed by atoms with van der Waals surface area (Å²) >= 11 is 7.66. The molecular weight excluding hydrogens is 405 g/mol. The highest BCUT2D eigenvalue weighted by Gasteiger charge is 2.19. The average Bonchev–Trinajstić information content (AvgIpc) is 2.76. The number of hydrogen-bond donors (Lipinski definition) is 0. The highest BCUT2D eigenvalue weighted by atomic mass is 79.9. The maximum Gasteiger partial charge on any atom is 0.312 e. The maximum absolute atomic E-state index is 13.4. The van der Waals surface area contributed by atoms with E-state index in [4.69, 9.17) is 4.74 Å². The molecule has 1 heterocycles. The first-order chi connectivity index (χ1) is 8.97. The third-order valence-corrected chi connectivity index (χ3v) is 4.40. The van der Waals surface area contributed by atoms with Gasteiger partial charge >= 0.3 is 5.69 Å². The van der Waals surface area contributed by atoms with Gasteiger partial charge in [0.15, 0.2) is 5.75 Å². The van der Waals surface area contributed by atoms with E-state index in [1.807, 2.05) is 12.1 Å². The fourth-order valence-corrected chi connectivity index (χ4v) is 3.08. The van der Waals surface area contributed by atoms with Crippen LogP contribution in [0, 0.1) is 15.9 Å². The standard InChI is InChI=1S/C11H6Br2FNO3S/c12-7-3-9(15(16)17)10(4-8(7)14)18-5-6-1-2-11(13)19-6/h1-4H,5H2. The molecule has 0 aliphatic heterocycles. The number of halogens is 3. The second-order valence-corrected chi connectivity index (χ2v) is 6.89. The van der Waals surface area contributed by atoms with Crippen LogP contribution < -0.4 is 4.74 Å². The lowest BCUT2D eigenvalue weighted by Gasteiger charge is -2.06. The predicted octanol–water partition coefficient (Wildman–Crippen LogP) is 4.90. The van der Waals surface area contributed by atoms with Crippen LogP contribution in [0.5, 0.6) is 5.75 Å². The van der Waals surface area contributed by atoms with Crippen LogP contribution in [0.25, 0.3) is 0 Å². The zero-order valence-electron chi connectivity index (χ0n) is 9.23. The monoisotopic (exact) mass is 409 g/mol. The number of thiophene rings is 1. The van der Waals surface area contributed by atoms with Gasteiger partial charge in [0, 0.05) is 17.0 Å². The van der Waals surface area contributed by atoms with Crippen LogP contribution in [0.1, 0.15) is 4.88 Å². The Kier molecular flexibility index (Phi) is 4.54. The van der Waals surface area contributed by atoms with Crippen LogP contribution in [0.3, 0.4) is 0 Å². The third kappa shape index (κ3) is 3.52. The van der Waals surface area contributed by atoms with Crippen molar-refractivity contribution in [3.63, 3.8) is 0 Å². The zero-order chi connectivity index (χ0) is 14.0. The molecule has 0 bridgehead atoms. The van der Waals surface area contributed by atoms with Gasteiger partial charge in [0.1, 0.15) is 12.4 Å². The predicted molar refractivity (Wildman–Crippen MR) is 77.1 cm³/mol. The second kappa shape index (κ2) is 5.98. The van der Waals surface area contributed by atoms with Gasteiger partial charge < -0.3 is 4.74 Å². The number of hydrogen-bond acceptors (Lipinski definition) is 4. The SMILES string of the molecule is O=[N+]([O-])c1cc(Br)c(F)cc1OCc1ccc(Br)s1. The fraction of sp³-hybridized carbons (Fsp3) is 0.0909. The molecule has 1 aromatic carbocycles. The quantitative estimate of drug-likeness (QED) is 0.532. The number of nitro groups is 1. The van der Waals surface area contributed by atoms with E-state index in [-0.39, 0.29) is 22.5 Å². The Morgan fingerprint density at radius 2 is 2.11 bits per heavy atom. The lowest BCUT2D eigenvalue weighted by Crippen LogP contribution is -1.99. The van der Waals surface area contributed by atoms with E-state index in [9.17, 15) is 14.5 Å². The molecule has 0 N–H and O–H groups in total. The van der Waals surface area contributed by atoms with Crippen molar-refractivity contribution in [2.45, 2.75) is 6.61 Å². The van der Waals surface area contributed by atoms with Gasteiger partial charge in [0.25, 0.3) is 0 Å². The molecule has 0 aliphatic carbocycles. The molecular formula is C11H6Br2FNO3S. The molecule has 0 aliphatic rings. The molecule has 0 amide bonds. The molecule has 0 atom stereocenters. The molecule has 4 nitrogen and oxygen atoms in total. The molecule has 1 aromatic heterocycles. The van der Waals surface area contributed by atoms with Gasteiger partial charge in [0.05, 0.1) is 13.2 Å². The Morgan fingerprint density at radius 3 is 2.68 bits per heavy atom. The maximum atomic E-state index is 13.4. The van der Waals surface area contributed by atoms with E-state index >= 15 is 0 Å². The fourth-order valence-electron chi connectivity index (χ4n) is 1.35. The minimum absolute atomic E-state index is 0.0328. The summed E-state index contributed by atoms with van der Waals surface area (Å²) in [5, 5.41) is 10.9. The van der Waals surface area contributed by atoms with Gasteiger partial charge in [-0.3, -0.25) is 10.1 Å². The lowest BCUT2D eigenvalue weighted by molar-refractivity contribution is -0.386. The van der Waals surface area contributed by atoms with Crippen molar-refractivity contribution in [1.82, 2.24) is 0 Å². The van der Waals surface area contributed by atoms with E-state index in [1.54, 1.807) is 0 Å². The number of nitro benzene ring substituents is 1. The van der Waals surface area contributed by atoms with Crippen molar-refractivity contribution in [3.8, 4) is 5.75 Å². The molecule has 19 heavy (non-hydrogen) atoms. The van der Waals surface area contributed by atoms with Gasteiger partial charge in [0.2, 0.25) is 0 Å². The van der Waals surface area contributed by atoms with E-state index in [0.717, 1.165) is 20.8 Å². The van der Waals surface area contributed by atoms with Crippen LogP contribution in [0.2, 0.25) is 0 Å². The van der Waals surface area contributed by atoms with Crippen molar-refractivity contribution in [2.75, 3.05) is 0 Å². The molecule has 0 saturated carbocycles. The molecule has 0 radical (unpaired) electrons. The molecule has 0 saturated heterocycles. The van der Waals surface area contributed by atoms with Crippen LogP contribution in [-0.4, -0.2) is 4.92 Å². The topological polar surface area (TPSA) is 52.4 Å². The van der Waals surface area contributed by atoms with Crippen molar-refractivity contribution in [1.29, 1.82) is 0 Å². The van der Waals surface area contributed by atoms with Crippen LogP contribution in [0.15, 0.2) is 32.5 Å². The number of rotatable bonds is 4. The van der Waals surface area contributed by atoms with Gasteiger partial charge in [-0.2, -0.15) is 0 Å². The first-order valence-corrected chi connectivity index (χ1v) is 7.38. The van der Waals surface area contributed by atoms with Crippen LogP contribution in [0.4, 0.5) is 10.1 Å². The minimum atomic E-state index is -0.607. The highest BCUT2D eigenvalue weighted by molar-refractivity contribution is 9.11. The molecule has 0 unspecified atom stereocenters. The Hall–Kier alpha value is -0.990. The summed E-state index contributed by atoms with van der Waals surface area (Å²) < 4.78 is 19.7.